The van der Waals surface area contributed by atoms with Crippen molar-refractivity contribution in [1.29, 1.82) is 0 Å². The Bertz CT molecular complexity index is 572. The van der Waals surface area contributed by atoms with Crippen LogP contribution >= 0.6 is 11.6 Å². The molecule has 1 aromatic rings. The number of aliphatic hydroxyl groups is 2. The van der Waals surface area contributed by atoms with Gasteiger partial charge in [-0.3, -0.25) is 4.57 Å². The first kappa shape index (κ1) is 14.7. The molecule has 0 aliphatic carbocycles. The van der Waals surface area contributed by atoms with E-state index in [9.17, 15) is 19.4 Å². The van der Waals surface area contributed by atoms with Crippen LogP contribution in [0.5, 0.6) is 0 Å². The summed E-state index contributed by atoms with van der Waals surface area (Å²) >= 11 is 5.66. The van der Waals surface area contributed by atoms with Crippen molar-refractivity contribution in [2.24, 2.45) is 0 Å². The van der Waals surface area contributed by atoms with Gasteiger partial charge in [-0.15, -0.1) is 11.6 Å². The van der Waals surface area contributed by atoms with Gasteiger partial charge < -0.3 is 20.3 Å². The number of hydrogen-bond donors (Lipinski definition) is 3. The molecule has 0 amide bonds. The van der Waals surface area contributed by atoms with Gasteiger partial charge in [-0.2, -0.15) is 4.98 Å². The molecule has 2 rings (SSSR count). The third-order valence-electron chi connectivity index (χ3n) is 3.37. The molecule has 9 heteroatoms. The van der Waals surface area contributed by atoms with Gasteiger partial charge >= 0.3 is 5.69 Å². The summed E-state index contributed by atoms with van der Waals surface area (Å²) in [5.41, 5.74) is -2.44. The summed E-state index contributed by atoms with van der Waals surface area (Å²) < 4.78 is 27.5. The Morgan fingerprint density at radius 1 is 1.76 bits per heavy atom. The van der Waals surface area contributed by atoms with E-state index < -0.39 is 36.4 Å². The third-order valence-corrected chi connectivity index (χ3v) is 3.83. The fraction of sp³-hybridized carbons (Fsp3) is 0.667. The van der Waals surface area contributed by atoms with E-state index >= 15 is 0 Å². The SMILES string of the molecule is [3H]CCNc1ccn([C@@H]2O[C@@](CO)(CCl)[C@@H](O)[C@H]2F)c(=O)n1. The maximum absolute atomic E-state index is 14.2. The zero-order chi connectivity index (χ0) is 16.3. The molecule has 7 nitrogen and oxygen atoms in total. The predicted octanol–water partition coefficient (Wildman–Crippen LogP) is -0.127. The molecule has 3 N–H and O–H groups in total. The van der Waals surface area contributed by atoms with Crippen LogP contribution in [0.15, 0.2) is 17.1 Å². The molecule has 0 spiro atoms. The van der Waals surface area contributed by atoms with Gasteiger partial charge in [0.1, 0.15) is 17.5 Å². The molecule has 0 radical (unpaired) electrons. The highest BCUT2D eigenvalue weighted by molar-refractivity contribution is 6.18. The second kappa shape index (κ2) is 6.27. The molecule has 0 saturated carbocycles. The van der Waals surface area contributed by atoms with Crippen LogP contribution in [0.2, 0.25) is 0 Å². The Kier molecular flexibility index (Phi) is 4.39. The van der Waals surface area contributed by atoms with Crippen molar-refractivity contribution >= 4 is 17.4 Å². The second-order valence-electron chi connectivity index (χ2n) is 4.68. The normalized spacial score (nSPS) is 33.0. The smallest absolute Gasteiger partial charge is 0.351 e. The molecule has 1 aromatic heterocycles. The first-order valence-corrected chi connectivity index (χ1v) is 6.81. The molecule has 0 unspecified atom stereocenters. The van der Waals surface area contributed by atoms with Gasteiger partial charge in [0, 0.05) is 14.1 Å². The van der Waals surface area contributed by atoms with E-state index in [0.29, 0.717) is 6.54 Å². The lowest BCUT2D eigenvalue weighted by Gasteiger charge is -2.26. The van der Waals surface area contributed by atoms with Crippen LogP contribution in [0.1, 0.15) is 14.5 Å². The van der Waals surface area contributed by atoms with Crippen LogP contribution in [0.4, 0.5) is 10.2 Å². The number of aliphatic hydroxyl groups excluding tert-OH is 2. The molecule has 1 saturated heterocycles. The average Bonchev–Trinajstić information content (AvgIpc) is 2.78. The Morgan fingerprint density at radius 2 is 2.52 bits per heavy atom. The molecule has 0 aromatic carbocycles. The standard InChI is InChI=1S/C12H17ClFN3O4/c1-2-15-7-3-4-17(11(20)16-7)10-8(14)9(19)12(5-13,6-18)21-10/h3-4,8-10,18-19H,2,5-6H2,1H3,(H,15,16,20)/t8-,9+,10-,12-/m1/s1/i1T. The van der Waals surface area contributed by atoms with Crippen LogP contribution in [0.25, 0.3) is 0 Å². The molecule has 21 heavy (non-hydrogen) atoms. The van der Waals surface area contributed by atoms with E-state index in [1.54, 1.807) is 0 Å². The molecule has 1 fully saturated rings. The van der Waals surface area contributed by atoms with E-state index in [1.807, 2.05) is 0 Å². The van der Waals surface area contributed by atoms with Gasteiger partial charge in [0.25, 0.3) is 0 Å². The number of anilines is 1. The summed E-state index contributed by atoms with van der Waals surface area (Å²) in [5.74, 6) is -0.0689. The van der Waals surface area contributed by atoms with Crippen LogP contribution in [-0.4, -0.2) is 56.7 Å². The fourth-order valence-electron chi connectivity index (χ4n) is 2.15. The Labute approximate surface area is 126 Å². The number of halogens is 2. The zero-order valence-electron chi connectivity index (χ0n) is 12.1. The molecule has 2 heterocycles. The predicted molar refractivity (Wildman–Crippen MR) is 74.2 cm³/mol. The van der Waals surface area contributed by atoms with E-state index in [4.69, 9.17) is 17.7 Å². The quantitative estimate of drug-likeness (QED) is 0.653. The average molecular weight is 324 g/mol. The highest BCUT2D eigenvalue weighted by Crippen LogP contribution is 2.39. The Morgan fingerprint density at radius 3 is 3.05 bits per heavy atom. The summed E-state index contributed by atoms with van der Waals surface area (Å²) in [7, 11) is 0. The highest BCUT2D eigenvalue weighted by atomic mass is 35.5. The van der Waals surface area contributed by atoms with Crippen LogP contribution in [0.3, 0.4) is 0 Å². The van der Waals surface area contributed by atoms with E-state index in [-0.39, 0.29) is 18.6 Å². The fourth-order valence-corrected chi connectivity index (χ4v) is 2.45. The minimum Gasteiger partial charge on any atom is -0.393 e. The Hall–Kier alpha value is -1.22. The number of rotatable bonds is 5. The van der Waals surface area contributed by atoms with Crippen molar-refractivity contribution in [2.75, 3.05) is 24.3 Å². The molecule has 1 aliphatic rings. The third kappa shape index (κ3) is 2.76. The summed E-state index contributed by atoms with van der Waals surface area (Å²) in [4.78, 5) is 15.7. The molecule has 1 aliphatic heterocycles. The summed E-state index contributed by atoms with van der Waals surface area (Å²) in [5, 5.41) is 22.0. The van der Waals surface area contributed by atoms with Crippen molar-refractivity contribution in [1.82, 2.24) is 9.55 Å². The molecule has 118 valence electrons. The first-order valence-electron chi connectivity index (χ1n) is 6.99. The zero-order valence-corrected chi connectivity index (χ0v) is 11.8. The van der Waals surface area contributed by atoms with Gasteiger partial charge in [-0.1, -0.05) is 0 Å². The summed E-state index contributed by atoms with van der Waals surface area (Å²) in [6, 6.07) is 1.43. The second-order valence-corrected chi connectivity index (χ2v) is 4.95. The van der Waals surface area contributed by atoms with Crippen LogP contribution < -0.4 is 11.0 Å². The van der Waals surface area contributed by atoms with Gasteiger partial charge in [-0.25, -0.2) is 9.18 Å². The van der Waals surface area contributed by atoms with Crippen molar-refractivity contribution < 1.29 is 20.7 Å². The number of hydrogen-bond acceptors (Lipinski definition) is 6. The highest BCUT2D eigenvalue weighted by Gasteiger charge is 2.55. The van der Waals surface area contributed by atoms with Crippen LogP contribution in [-0.2, 0) is 4.74 Å². The van der Waals surface area contributed by atoms with Gasteiger partial charge in [0.15, 0.2) is 12.4 Å². The number of nitrogens with zero attached hydrogens (tertiary/aromatic N) is 2. The van der Waals surface area contributed by atoms with Crippen molar-refractivity contribution in [3.63, 3.8) is 0 Å². The molecule has 0 bridgehead atoms. The van der Waals surface area contributed by atoms with E-state index in [0.717, 1.165) is 4.57 Å². The maximum Gasteiger partial charge on any atom is 0.351 e. The largest absolute Gasteiger partial charge is 0.393 e. The maximum atomic E-state index is 14.2. The monoisotopic (exact) mass is 323 g/mol. The molecule has 4 atom stereocenters. The number of alkyl halides is 2. The summed E-state index contributed by atoms with van der Waals surface area (Å²) in [6.07, 6.45) is -3.75. The molecular weight excluding hydrogens is 305 g/mol. The number of nitrogens with one attached hydrogen (secondary N) is 1. The van der Waals surface area contributed by atoms with Crippen LogP contribution in [0, 0.1) is 0 Å². The van der Waals surface area contributed by atoms with E-state index in [2.05, 4.69) is 10.3 Å². The van der Waals surface area contributed by atoms with Gasteiger partial charge in [-0.05, 0) is 13.0 Å². The van der Waals surface area contributed by atoms with Crippen molar-refractivity contribution in [2.45, 2.75) is 31.0 Å². The number of aromatic nitrogens is 2. The first-order chi connectivity index (χ1) is 10.5. The molecular formula is C12H17ClFN3O4. The van der Waals surface area contributed by atoms with E-state index in [1.165, 1.54) is 12.3 Å². The van der Waals surface area contributed by atoms with Gasteiger partial charge in [0.05, 0.1) is 12.5 Å². The topological polar surface area (TPSA) is 96.6 Å². The van der Waals surface area contributed by atoms with Crippen molar-refractivity contribution in [3.8, 4) is 0 Å². The minimum absolute atomic E-state index is 0.115. The van der Waals surface area contributed by atoms with Crippen molar-refractivity contribution in [3.05, 3.63) is 22.7 Å². The lowest BCUT2D eigenvalue weighted by atomic mass is 9.99. The van der Waals surface area contributed by atoms with Gasteiger partial charge in [0.2, 0.25) is 0 Å². The number of ether oxygens (including phenoxy) is 1. The lowest BCUT2D eigenvalue weighted by Crippen LogP contribution is -2.47. The summed E-state index contributed by atoms with van der Waals surface area (Å²) in [6.45, 7) is -0.245. The minimum atomic E-state index is -1.93. The Balaban J connectivity index is 2.27. The lowest BCUT2D eigenvalue weighted by molar-refractivity contribution is -0.115.